The Kier molecular flexibility index (Phi) is 4.02. The van der Waals surface area contributed by atoms with Crippen molar-refractivity contribution < 1.29 is 5.11 Å². The number of aryl methyl sites for hydroxylation is 2. The maximum atomic E-state index is 10.00. The molecule has 1 heterocycles. The maximum Gasteiger partial charge on any atom is 0.0847 e. The van der Waals surface area contributed by atoms with E-state index in [1.54, 1.807) is 4.68 Å². The first-order chi connectivity index (χ1) is 7.20. The molecule has 1 unspecified atom stereocenters. The molecular formula is C12H21ClN2O. The molecule has 0 aliphatic heterocycles. The van der Waals surface area contributed by atoms with Crippen LogP contribution in [0.3, 0.4) is 0 Å². The van der Waals surface area contributed by atoms with Crippen molar-refractivity contribution in [2.24, 2.45) is 12.5 Å². The van der Waals surface area contributed by atoms with Crippen molar-refractivity contribution in [3.63, 3.8) is 0 Å². The molecule has 0 aliphatic carbocycles. The van der Waals surface area contributed by atoms with Gasteiger partial charge in [0.15, 0.2) is 0 Å². The average molecular weight is 245 g/mol. The number of hydrogen-bond acceptors (Lipinski definition) is 2. The molecule has 1 atom stereocenters. The molecule has 3 nitrogen and oxygen atoms in total. The number of aliphatic hydroxyl groups is 1. The lowest BCUT2D eigenvalue weighted by atomic mass is 9.88. The molecule has 0 fully saturated rings. The van der Waals surface area contributed by atoms with Gasteiger partial charge < -0.3 is 5.11 Å². The lowest BCUT2D eigenvalue weighted by molar-refractivity contribution is 0.119. The van der Waals surface area contributed by atoms with Gasteiger partial charge in [0.25, 0.3) is 0 Å². The van der Waals surface area contributed by atoms with Gasteiger partial charge in [-0.2, -0.15) is 5.10 Å². The van der Waals surface area contributed by atoms with Gasteiger partial charge in [0.05, 0.1) is 22.5 Å². The van der Waals surface area contributed by atoms with Crippen LogP contribution in [0, 0.1) is 12.3 Å². The number of aromatic nitrogens is 2. The Morgan fingerprint density at radius 2 is 2.00 bits per heavy atom. The summed E-state index contributed by atoms with van der Waals surface area (Å²) in [5, 5.41) is 14.9. The normalized spacial score (nSPS) is 14.2. The van der Waals surface area contributed by atoms with Crippen LogP contribution in [0.1, 0.15) is 38.6 Å². The van der Waals surface area contributed by atoms with Crippen molar-refractivity contribution in [3.8, 4) is 0 Å². The fraction of sp³-hybridized carbons (Fsp3) is 0.750. The summed E-state index contributed by atoms with van der Waals surface area (Å²) in [5.41, 5.74) is 1.86. The summed E-state index contributed by atoms with van der Waals surface area (Å²) in [4.78, 5) is 0. The van der Waals surface area contributed by atoms with E-state index in [1.807, 2.05) is 14.0 Å². The molecule has 0 spiro atoms. The highest BCUT2D eigenvalue weighted by Gasteiger charge is 2.20. The smallest absolute Gasteiger partial charge is 0.0847 e. The van der Waals surface area contributed by atoms with Crippen LogP contribution in [0.25, 0.3) is 0 Å². The van der Waals surface area contributed by atoms with Gasteiger partial charge in [-0.05, 0) is 18.8 Å². The van der Waals surface area contributed by atoms with E-state index in [2.05, 4.69) is 25.9 Å². The summed E-state index contributed by atoms with van der Waals surface area (Å²) in [5.74, 6) is 0. The predicted octanol–water partition coefficient (Wildman–Crippen LogP) is 2.72. The quantitative estimate of drug-likeness (QED) is 0.888. The third-order valence-electron chi connectivity index (χ3n) is 2.54. The summed E-state index contributed by atoms with van der Waals surface area (Å²) in [6.45, 7) is 8.23. The van der Waals surface area contributed by atoms with E-state index in [1.165, 1.54) is 0 Å². The Morgan fingerprint density at radius 3 is 2.38 bits per heavy atom. The number of rotatable bonds is 3. The second kappa shape index (κ2) is 4.76. The number of halogens is 1. The summed E-state index contributed by atoms with van der Waals surface area (Å²) >= 11 is 6.13. The van der Waals surface area contributed by atoms with E-state index in [-0.39, 0.29) is 11.5 Å². The molecule has 92 valence electrons. The highest BCUT2D eigenvalue weighted by Crippen LogP contribution is 2.25. The molecule has 0 radical (unpaired) electrons. The fourth-order valence-corrected chi connectivity index (χ4v) is 2.14. The van der Waals surface area contributed by atoms with Crippen LogP contribution in [0.2, 0.25) is 5.02 Å². The first-order valence-corrected chi connectivity index (χ1v) is 5.94. The lowest BCUT2D eigenvalue weighted by Gasteiger charge is -2.22. The van der Waals surface area contributed by atoms with E-state index < -0.39 is 0 Å². The molecule has 16 heavy (non-hydrogen) atoms. The molecule has 0 aromatic carbocycles. The number of aliphatic hydroxyl groups excluding tert-OH is 1. The van der Waals surface area contributed by atoms with Gasteiger partial charge >= 0.3 is 0 Å². The highest BCUT2D eigenvalue weighted by atomic mass is 35.5. The predicted molar refractivity (Wildman–Crippen MR) is 66.7 cm³/mol. The molecular weight excluding hydrogens is 224 g/mol. The van der Waals surface area contributed by atoms with Crippen LogP contribution in [0.5, 0.6) is 0 Å². The fourth-order valence-electron chi connectivity index (χ4n) is 1.90. The van der Waals surface area contributed by atoms with Crippen molar-refractivity contribution in [1.82, 2.24) is 9.78 Å². The Labute approximate surface area is 102 Å². The lowest BCUT2D eigenvalue weighted by Crippen LogP contribution is -2.21. The summed E-state index contributed by atoms with van der Waals surface area (Å²) in [7, 11) is 1.86. The van der Waals surface area contributed by atoms with E-state index in [0.717, 1.165) is 17.8 Å². The first kappa shape index (κ1) is 13.5. The van der Waals surface area contributed by atoms with E-state index in [0.29, 0.717) is 11.4 Å². The molecule has 1 aromatic rings. The van der Waals surface area contributed by atoms with Gasteiger partial charge in [-0.15, -0.1) is 0 Å². The zero-order chi connectivity index (χ0) is 12.5. The van der Waals surface area contributed by atoms with Gasteiger partial charge in [0, 0.05) is 13.5 Å². The Bertz CT molecular complexity index is 366. The van der Waals surface area contributed by atoms with Crippen LogP contribution >= 0.6 is 11.6 Å². The largest absolute Gasteiger partial charge is 0.393 e. The monoisotopic (exact) mass is 244 g/mol. The zero-order valence-electron chi connectivity index (χ0n) is 10.7. The third-order valence-corrected chi connectivity index (χ3v) is 3.03. The maximum absolute atomic E-state index is 10.00. The Morgan fingerprint density at radius 1 is 1.44 bits per heavy atom. The Hall–Kier alpha value is -0.540. The van der Waals surface area contributed by atoms with Crippen LogP contribution in [0.4, 0.5) is 0 Å². The van der Waals surface area contributed by atoms with Gasteiger partial charge in [-0.25, -0.2) is 0 Å². The minimum Gasteiger partial charge on any atom is -0.393 e. The zero-order valence-corrected chi connectivity index (χ0v) is 11.5. The molecule has 0 aliphatic rings. The molecule has 1 aromatic heterocycles. The third kappa shape index (κ3) is 3.49. The van der Waals surface area contributed by atoms with Gasteiger partial charge in [0.2, 0.25) is 0 Å². The van der Waals surface area contributed by atoms with Crippen LogP contribution in [-0.2, 0) is 13.5 Å². The van der Waals surface area contributed by atoms with E-state index >= 15 is 0 Å². The van der Waals surface area contributed by atoms with Crippen molar-refractivity contribution in [1.29, 1.82) is 0 Å². The molecule has 1 N–H and O–H groups in total. The van der Waals surface area contributed by atoms with E-state index in [9.17, 15) is 5.11 Å². The second-order valence-electron chi connectivity index (χ2n) is 5.59. The highest BCUT2D eigenvalue weighted by molar-refractivity contribution is 6.31. The van der Waals surface area contributed by atoms with Crippen LogP contribution < -0.4 is 0 Å². The Balaban J connectivity index is 2.73. The van der Waals surface area contributed by atoms with Gasteiger partial charge in [0.1, 0.15) is 0 Å². The minimum absolute atomic E-state index is 0.125. The SMILES string of the molecule is Cc1nn(C)c(CC(O)CC(C)(C)C)c1Cl. The molecule has 0 bridgehead atoms. The summed E-state index contributed by atoms with van der Waals surface area (Å²) < 4.78 is 1.75. The van der Waals surface area contributed by atoms with Gasteiger partial charge in [-0.1, -0.05) is 32.4 Å². The van der Waals surface area contributed by atoms with Crippen molar-refractivity contribution in [2.75, 3.05) is 0 Å². The topological polar surface area (TPSA) is 38.0 Å². The summed E-state index contributed by atoms with van der Waals surface area (Å²) in [6.07, 6.45) is 0.952. The first-order valence-electron chi connectivity index (χ1n) is 5.57. The number of nitrogens with zero attached hydrogens (tertiary/aromatic N) is 2. The average Bonchev–Trinajstić information content (AvgIpc) is 2.29. The molecule has 0 amide bonds. The molecule has 0 saturated heterocycles. The van der Waals surface area contributed by atoms with Crippen molar-refractivity contribution in [2.45, 2.75) is 46.6 Å². The molecule has 0 saturated carbocycles. The molecule has 1 rings (SSSR count). The van der Waals surface area contributed by atoms with Crippen molar-refractivity contribution >= 4 is 11.6 Å². The van der Waals surface area contributed by atoms with Crippen molar-refractivity contribution in [3.05, 3.63) is 16.4 Å². The minimum atomic E-state index is -0.368. The standard InChI is InChI=1S/C12H21ClN2O/c1-8-11(13)10(15(5)14-8)6-9(16)7-12(2,3)4/h9,16H,6-7H2,1-5H3. The summed E-state index contributed by atoms with van der Waals surface area (Å²) in [6, 6.07) is 0. The van der Waals surface area contributed by atoms with Crippen LogP contribution in [0.15, 0.2) is 0 Å². The van der Waals surface area contributed by atoms with Crippen LogP contribution in [-0.4, -0.2) is 21.0 Å². The number of hydrogen-bond donors (Lipinski definition) is 1. The van der Waals surface area contributed by atoms with E-state index in [4.69, 9.17) is 11.6 Å². The van der Waals surface area contributed by atoms with Gasteiger partial charge in [-0.3, -0.25) is 4.68 Å². The second-order valence-corrected chi connectivity index (χ2v) is 5.97. The molecule has 4 heteroatoms.